The largest absolute Gasteiger partial charge is 0.506 e. The first kappa shape index (κ1) is 26.7. The summed E-state index contributed by atoms with van der Waals surface area (Å²) in [7, 11) is 0. The van der Waals surface area contributed by atoms with Gasteiger partial charge in [-0.25, -0.2) is 0 Å². The van der Waals surface area contributed by atoms with Crippen LogP contribution >= 0.6 is 23.8 Å². The van der Waals surface area contributed by atoms with E-state index in [2.05, 4.69) is 26.6 Å². The second kappa shape index (κ2) is 11.1. The van der Waals surface area contributed by atoms with Crippen LogP contribution in [0.15, 0.2) is 72.9 Å². The standard InChI is InChI=1S/C30H30ClN5O2S/c1-18-7-6-8-22(15-18)33-27(38)12-14-35-29(28(34-30(35)39)24-9-4-5-13-32-24)23-16-19(2)36(20(23)3)25-17-21(31)10-11-26(25)37/h4-11,13,15-17,28-29,37H,12,14H2,1-3H3,(H,33,38)(H,34,39). The number of hydrogen-bond acceptors (Lipinski definition) is 4. The van der Waals surface area contributed by atoms with Gasteiger partial charge in [-0.2, -0.15) is 0 Å². The van der Waals surface area contributed by atoms with Crippen molar-refractivity contribution in [2.45, 2.75) is 39.3 Å². The van der Waals surface area contributed by atoms with Gasteiger partial charge in [0.25, 0.3) is 0 Å². The molecule has 1 saturated heterocycles. The van der Waals surface area contributed by atoms with Crippen LogP contribution in [0.1, 0.15) is 46.7 Å². The predicted molar refractivity (Wildman–Crippen MR) is 159 cm³/mol. The summed E-state index contributed by atoms with van der Waals surface area (Å²) in [6.07, 6.45) is 2.03. The lowest BCUT2D eigenvalue weighted by atomic mass is 9.96. The van der Waals surface area contributed by atoms with Crippen molar-refractivity contribution < 1.29 is 9.90 Å². The molecule has 3 heterocycles. The van der Waals surface area contributed by atoms with Gasteiger partial charge >= 0.3 is 0 Å². The van der Waals surface area contributed by atoms with Gasteiger partial charge in [0.15, 0.2) is 5.11 Å². The number of nitrogens with one attached hydrogen (secondary N) is 2. The minimum absolute atomic E-state index is 0.0854. The number of amides is 1. The lowest BCUT2D eigenvalue weighted by molar-refractivity contribution is -0.116. The van der Waals surface area contributed by atoms with Crippen molar-refractivity contribution in [1.29, 1.82) is 0 Å². The third-order valence-corrected chi connectivity index (χ3v) is 7.63. The van der Waals surface area contributed by atoms with Gasteiger partial charge in [0, 0.05) is 41.3 Å². The number of phenolic OH excluding ortho intramolecular Hbond substituents is 1. The smallest absolute Gasteiger partial charge is 0.226 e. The molecule has 0 saturated carbocycles. The molecule has 2 aromatic carbocycles. The van der Waals surface area contributed by atoms with Gasteiger partial charge in [-0.05, 0) is 92.6 Å². The molecule has 1 aliphatic rings. The summed E-state index contributed by atoms with van der Waals surface area (Å²) in [5, 5.41) is 18.2. The first-order valence-corrected chi connectivity index (χ1v) is 13.5. The summed E-state index contributed by atoms with van der Waals surface area (Å²) in [5.41, 5.74) is 6.22. The molecule has 1 fully saturated rings. The molecular weight excluding hydrogens is 530 g/mol. The monoisotopic (exact) mass is 559 g/mol. The second-order valence-corrected chi connectivity index (χ2v) is 10.6. The van der Waals surface area contributed by atoms with Gasteiger partial charge in [0.05, 0.1) is 23.5 Å². The van der Waals surface area contributed by atoms with Gasteiger partial charge in [0.2, 0.25) is 5.91 Å². The highest BCUT2D eigenvalue weighted by Crippen LogP contribution is 2.42. The van der Waals surface area contributed by atoms with E-state index in [1.54, 1.807) is 24.4 Å². The maximum atomic E-state index is 12.9. The van der Waals surface area contributed by atoms with E-state index in [0.29, 0.717) is 22.4 Å². The normalized spacial score (nSPS) is 16.8. The quantitative estimate of drug-likeness (QED) is 0.235. The van der Waals surface area contributed by atoms with Crippen molar-refractivity contribution >= 4 is 40.5 Å². The van der Waals surface area contributed by atoms with E-state index in [9.17, 15) is 9.90 Å². The number of carbonyl (C=O) groups is 1. The van der Waals surface area contributed by atoms with Crippen LogP contribution < -0.4 is 10.6 Å². The Morgan fingerprint density at radius 2 is 1.92 bits per heavy atom. The molecule has 9 heteroatoms. The van der Waals surface area contributed by atoms with E-state index in [0.717, 1.165) is 33.9 Å². The maximum Gasteiger partial charge on any atom is 0.226 e. The summed E-state index contributed by atoms with van der Waals surface area (Å²) in [6.45, 7) is 6.42. The van der Waals surface area contributed by atoms with Crippen LogP contribution in [-0.2, 0) is 4.79 Å². The number of benzene rings is 2. The molecule has 39 heavy (non-hydrogen) atoms. The average Bonchev–Trinajstić information content (AvgIpc) is 3.39. The Morgan fingerprint density at radius 3 is 2.67 bits per heavy atom. The molecule has 1 amide bonds. The fourth-order valence-electron chi connectivity index (χ4n) is 5.29. The van der Waals surface area contributed by atoms with Crippen molar-refractivity contribution in [3.8, 4) is 11.4 Å². The van der Waals surface area contributed by atoms with Gasteiger partial charge in [-0.1, -0.05) is 29.8 Å². The van der Waals surface area contributed by atoms with E-state index in [4.69, 9.17) is 23.8 Å². The summed E-state index contributed by atoms with van der Waals surface area (Å²) < 4.78 is 2.00. The minimum Gasteiger partial charge on any atom is -0.506 e. The molecule has 3 N–H and O–H groups in total. The molecule has 0 spiro atoms. The van der Waals surface area contributed by atoms with E-state index in [1.165, 1.54) is 0 Å². The Bertz CT molecular complexity index is 1540. The Kier molecular flexibility index (Phi) is 7.59. The van der Waals surface area contributed by atoms with Crippen molar-refractivity contribution in [3.05, 3.63) is 106 Å². The van der Waals surface area contributed by atoms with E-state index in [-0.39, 0.29) is 30.2 Å². The van der Waals surface area contributed by atoms with E-state index in [1.807, 2.05) is 67.8 Å². The number of anilines is 1. The van der Waals surface area contributed by atoms with Gasteiger partial charge in [-0.3, -0.25) is 9.78 Å². The number of phenols is 1. The third kappa shape index (κ3) is 5.48. The van der Waals surface area contributed by atoms with Crippen molar-refractivity contribution in [2.24, 2.45) is 0 Å². The van der Waals surface area contributed by atoms with Gasteiger partial charge in [0.1, 0.15) is 5.75 Å². The molecule has 0 bridgehead atoms. The molecule has 4 aromatic rings. The van der Waals surface area contributed by atoms with Crippen LogP contribution in [0.3, 0.4) is 0 Å². The number of nitrogens with zero attached hydrogens (tertiary/aromatic N) is 3. The highest BCUT2D eigenvalue weighted by Gasteiger charge is 2.41. The number of rotatable bonds is 7. The molecule has 2 atom stereocenters. The number of aromatic nitrogens is 2. The molecule has 2 aromatic heterocycles. The second-order valence-electron chi connectivity index (χ2n) is 9.78. The SMILES string of the molecule is Cc1cccc(NC(=O)CCN2C(=S)NC(c3ccccn3)C2c2cc(C)n(-c3cc(Cl)ccc3O)c2C)c1. The van der Waals surface area contributed by atoms with Crippen LogP contribution in [0.5, 0.6) is 5.75 Å². The number of hydrogen-bond donors (Lipinski definition) is 3. The first-order valence-electron chi connectivity index (χ1n) is 12.7. The summed E-state index contributed by atoms with van der Waals surface area (Å²) in [5.74, 6) is 0.0523. The Labute approximate surface area is 238 Å². The molecule has 5 rings (SSSR count). The van der Waals surface area contributed by atoms with E-state index >= 15 is 0 Å². The molecule has 0 aliphatic carbocycles. The zero-order valence-electron chi connectivity index (χ0n) is 22.0. The van der Waals surface area contributed by atoms with Crippen molar-refractivity contribution in [1.82, 2.24) is 19.8 Å². The summed E-state index contributed by atoms with van der Waals surface area (Å²) in [4.78, 5) is 19.6. The lowest BCUT2D eigenvalue weighted by Crippen LogP contribution is -2.32. The van der Waals surface area contributed by atoms with Crippen LogP contribution in [0.25, 0.3) is 5.69 Å². The zero-order valence-corrected chi connectivity index (χ0v) is 23.6. The predicted octanol–water partition coefficient (Wildman–Crippen LogP) is 6.16. The zero-order chi connectivity index (χ0) is 27.7. The number of thiocarbonyl (C=S) groups is 1. The Hall–Kier alpha value is -3.88. The highest BCUT2D eigenvalue weighted by atomic mass is 35.5. The number of aryl methyl sites for hydroxylation is 2. The Morgan fingerprint density at radius 1 is 1.10 bits per heavy atom. The lowest BCUT2D eigenvalue weighted by Gasteiger charge is -2.28. The fraction of sp³-hybridized carbons (Fsp3) is 0.233. The maximum absolute atomic E-state index is 12.9. The third-order valence-electron chi connectivity index (χ3n) is 7.05. The molecule has 7 nitrogen and oxygen atoms in total. The first-order chi connectivity index (χ1) is 18.7. The van der Waals surface area contributed by atoms with Crippen LogP contribution in [0, 0.1) is 20.8 Å². The topological polar surface area (TPSA) is 82.4 Å². The molecule has 1 aliphatic heterocycles. The van der Waals surface area contributed by atoms with Crippen LogP contribution in [0.2, 0.25) is 5.02 Å². The Balaban J connectivity index is 1.49. The van der Waals surface area contributed by atoms with Gasteiger partial charge in [-0.15, -0.1) is 0 Å². The highest BCUT2D eigenvalue weighted by molar-refractivity contribution is 7.80. The van der Waals surface area contributed by atoms with E-state index < -0.39 is 0 Å². The molecule has 2 unspecified atom stereocenters. The van der Waals surface area contributed by atoms with Crippen LogP contribution in [-0.4, -0.2) is 37.1 Å². The van der Waals surface area contributed by atoms with Crippen LogP contribution in [0.4, 0.5) is 5.69 Å². The minimum atomic E-state index is -0.222. The molecule has 0 radical (unpaired) electrons. The number of carbonyl (C=O) groups excluding carboxylic acids is 1. The molecular formula is C30H30ClN5O2S. The van der Waals surface area contributed by atoms with Gasteiger partial charge < -0.3 is 25.2 Å². The van der Waals surface area contributed by atoms with Crippen molar-refractivity contribution in [3.63, 3.8) is 0 Å². The summed E-state index contributed by atoms with van der Waals surface area (Å²) >= 11 is 12.1. The fourth-order valence-corrected chi connectivity index (χ4v) is 5.78. The average molecular weight is 560 g/mol. The van der Waals surface area contributed by atoms with Crippen molar-refractivity contribution in [2.75, 3.05) is 11.9 Å². The number of halogens is 1. The number of aromatic hydroxyl groups is 1. The molecule has 200 valence electrons. The summed E-state index contributed by atoms with van der Waals surface area (Å²) in [6, 6.07) is 20.2. The number of pyridine rings is 1.